The van der Waals surface area contributed by atoms with E-state index in [-0.39, 0.29) is 0 Å². The SMILES string of the molecule is c1ccc(N(c2ccccc2)c2cccc(-c3cccc(-c4cccc(N(c5ccccc5)c5ccccc5)c4)c3-c3ccc4c(c3)c3ccccc3n4-c3ccccc3)c2)cc1. The molecule has 0 spiro atoms. The zero-order chi connectivity index (χ0) is 42.0. The summed E-state index contributed by atoms with van der Waals surface area (Å²) in [5, 5.41) is 2.44. The maximum Gasteiger partial charge on any atom is 0.0541 e. The standard InChI is InChI=1S/C60H43N3/c1-6-23-47(24-7-1)61(48-25-8-2-9-26-48)52-33-18-21-44(41-52)54-36-20-37-55(45-22-19-34-53(42-45)62(49-27-10-3-11-28-49)50-29-12-4-13-30-50)60(54)46-39-40-59-57(43-46)56-35-16-17-38-58(56)63(59)51-31-14-5-15-32-51/h1-43H. The van der Waals surface area contributed by atoms with Gasteiger partial charge in [0.2, 0.25) is 0 Å². The normalized spacial score (nSPS) is 11.2. The van der Waals surface area contributed by atoms with Crippen LogP contribution in [-0.2, 0) is 0 Å². The van der Waals surface area contributed by atoms with E-state index in [0.29, 0.717) is 0 Å². The van der Waals surface area contributed by atoms with E-state index in [0.717, 1.165) is 67.6 Å². The van der Waals surface area contributed by atoms with Crippen molar-refractivity contribution in [3.8, 4) is 39.1 Å². The molecule has 10 aromatic carbocycles. The molecule has 3 heteroatoms. The summed E-state index contributed by atoms with van der Waals surface area (Å²) in [5.74, 6) is 0. The molecule has 0 aliphatic rings. The highest BCUT2D eigenvalue weighted by molar-refractivity contribution is 6.11. The van der Waals surface area contributed by atoms with E-state index in [2.05, 4.69) is 275 Å². The minimum Gasteiger partial charge on any atom is -0.310 e. The lowest BCUT2D eigenvalue weighted by molar-refractivity contribution is 1.18. The summed E-state index contributed by atoms with van der Waals surface area (Å²) in [5.41, 5.74) is 17.1. The summed E-state index contributed by atoms with van der Waals surface area (Å²) in [4.78, 5) is 4.67. The Morgan fingerprint density at radius 1 is 0.254 bits per heavy atom. The van der Waals surface area contributed by atoms with Crippen LogP contribution in [0.1, 0.15) is 0 Å². The first kappa shape index (κ1) is 37.6. The molecule has 0 unspecified atom stereocenters. The Balaban J connectivity index is 1.14. The summed E-state index contributed by atoms with van der Waals surface area (Å²) < 4.78 is 2.39. The fourth-order valence-electron chi connectivity index (χ4n) is 9.16. The van der Waals surface area contributed by atoms with E-state index in [4.69, 9.17) is 0 Å². The van der Waals surface area contributed by atoms with E-state index in [1.54, 1.807) is 0 Å². The van der Waals surface area contributed by atoms with Gasteiger partial charge in [0.15, 0.2) is 0 Å². The zero-order valence-corrected chi connectivity index (χ0v) is 34.7. The summed E-state index contributed by atoms with van der Waals surface area (Å²) in [6.07, 6.45) is 0. The van der Waals surface area contributed by atoms with Crippen LogP contribution >= 0.6 is 0 Å². The van der Waals surface area contributed by atoms with E-state index >= 15 is 0 Å². The lowest BCUT2D eigenvalue weighted by Crippen LogP contribution is -2.09. The third-order valence-electron chi connectivity index (χ3n) is 11.9. The van der Waals surface area contributed by atoms with Crippen LogP contribution in [0.25, 0.3) is 60.9 Å². The number of fused-ring (bicyclic) bond motifs is 3. The molecule has 11 aromatic rings. The second-order valence-electron chi connectivity index (χ2n) is 15.8. The number of anilines is 6. The molecule has 3 nitrogen and oxygen atoms in total. The predicted octanol–water partition coefficient (Wildman–Crippen LogP) is 16.7. The Kier molecular flexibility index (Phi) is 9.89. The largest absolute Gasteiger partial charge is 0.310 e. The Bertz CT molecular complexity index is 3100. The molecular formula is C60H43N3. The third-order valence-corrected chi connectivity index (χ3v) is 11.9. The third kappa shape index (κ3) is 7.12. The molecule has 0 aliphatic heterocycles. The number of aromatic nitrogens is 1. The molecule has 11 rings (SSSR count). The van der Waals surface area contributed by atoms with E-state index < -0.39 is 0 Å². The van der Waals surface area contributed by atoms with Gasteiger partial charge in [-0.3, -0.25) is 0 Å². The number of para-hydroxylation sites is 6. The molecule has 0 aliphatic carbocycles. The van der Waals surface area contributed by atoms with Crippen molar-refractivity contribution in [2.75, 3.05) is 9.80 Å². The minimum absolute atomic E-state index is 1.09. The molecule has 63 heavy (non-hydrogen) atoms. The van der Waals surface area contributed by atoms with Gasteiger partial charge in [0.25, 0.3) is 0 Å². The Labute approximate surface area is 368 Å². The maximum atomic E-state index is 2.41. The average Bonchev–Trinajstić information content (AvgIpc) is 3.69. The molecule has 0 saturated carbocycles. The van der Waals surface area contributed by atoms with Crippen LogP contribution in [0.2, 0.25) is 0 Å². The molecule has 1 heterocycles. The van der Waals surface area contributed by atoms with Crippen molar-refractivity contribution in [3.63, 3.8) is 0 Å². The first-order valence-corrected chi connectivity index (χ1v) is 21.5. The monoisotopic (exact) mass is 805 g/mol. The first-order chi connectivity index (χ1) is 31.3. The van der Waals surface area contributed by atoms with Crippen LogP contribution in [0.15, 0.2) is 261 Å². The van der Waals surface area contributed by atoms with Crippen molar-refractivity contribution < 1.29 is 0 Å². The second kappa shape index (κ2) is 16.6. The lowest BCUT2D eigenvalue weighted by atomic mass is 9.87. The van der Waals surface area contributed by atoms with Gasteiger partial charge >= 0.3 is 0 Å². The van der Waals surface area contributed by atoms with Gasteiger partial charge in [-0.05, 0) is 137 Å². The van der Waals surface area contributed by atoms with Gasteiger partial charge in [0.1, 0.15) is 0 Å². The van der Waals surface area contributed by atoms with E-state index in [1.165, 1.54) is 27.4 Å². The Morgan fingerprint density at radius 3 is 1.14 bits per heavy atom. The number of nitrogens with zero attached hydrogens (tertiary/aromatic N) is 3. The van der Waals surface area contributed by atoms with Crippen LogP contribution in [0.3, 0.4) is 0 Å². The van der Waals surface area contributed by atoms with Crippen LogP contribution in [0.4, 0.5) is 34.1 Å². The van der Waals surface area contributed by atoms with Crippen molar-refractivity contribution >= 4 is 55.9 Å². The van der Waals surface area contributed by atoms with Crippen LogP contribution in [-0.4, -0.2) is 4.57 Å². The lowest BCUT2D eigenvalue weighted by Gasteiger charge is -2.27. The summed E-state index contributed by atoms with van der Waals surface area (Å²) in [7, 11) is 0. The van der Waals surface area contributed by atoms with Gasteiger partial charge < -0.3 is 14.4 Å². The molecule has 298 valence electrons. The number of hydrogen-bond donors (Lipinski definition) is 0. The van der Waals surface area contributed by atoms with Crippen LogP contribution in [0.5, 0.6) is 0 Å². The van der Waals surface area contributed by atoms with Gasteiger partial charge in [-0.15, -0.1) is 0 Å². The number of hydrogen-bond acceptors (Lipinski definition) is 2. The minimum atomic E-state index is 1.09. The van der Waals surface area contributed by atoms with Gasteiger partial charge in [0, 0.05) is 50.6 Å². The molecule has 1 aromatic heterocycles. The molecule has 0 amide bonds. The summed E-state index contributed by atoms with van der Waals surface area (Å²) >= 11 is 0. The Hall–Kier alpha value is -8.40. The molecule has 0 radical (unpaired) electrons. The summed E-state index contributed by atoms with van der Waals surface area (Å²) in [6.45, 7) is 0. The van der Waals surface area contributed by atoms with Crippen LogP contribution in [0, 0.1) is 0 Å². The predicted molar refractivity (Wildman–Crippen MR) is 266 cm³/mol. The number of benzene rings is 10. The van der Waals surface area contributed by atoms with Crippen molar-refractivity contribution in [1.29, 1.82) is 0 Å². The smallest absolute Gasteiger partial charge is 0.0541 e. The van der Waals surface area contributed by atoms with Crippen molar-refractivity contribution in [3.05, 3.63) is 261 Å². The second-order valence-corrected chi connectivity index (χ2v) is 15.8. The van der Waals surface area contributed by atoms with E-state index in [1.807, 2.05) is 0 Å². The maximum absolute atomic E-state index is 2.41. The van der Waals surface area contributed by atoms with E-state index in [9.17, 15) is 0 Å². The van der Waals surface area contributed by atoms with Gasteiger partial charge in [-0.2, -0.15) is 0 Å². The molecule has 0 bridgehead atoms. The zero-order valence-electron chi connectivity index (χ0n) is 34.7. The van der Waals surface area contributed by atoms with Gasteiger partial charge in [0.05, 0.1) is 11.0 Å². The quantitative estimate of drug-likeness (QED) is 0.136. The fourth-order valence-corrected chi connectivity index (χ4v) is 9.16. The summed E-state index contributed by atoms with van der Waals surface area (Å²) in [6, 6.07) is 93.8. The Morgan fingerprint density at radius 2 is 0.651 bits per heavy atom. The van der Waals surface area contributed by atoms with Crippen molar-refractivity contribution in [1.82, 2.24) is 4.57 Å². The molecular weight excluding hydrogens is 763 g/mol. The highest BCUT2D eigenvalue weighted by Crippen LogP contribution is 2.46. The highest BCUT2D eigenvalue weighted by Gasteiger charge is 2.21. The molecule has 0 saturated heterocycles. The van der Waals surface area contributed by atoms with Crippen molar-refractivity contribution in [2.24, 2.45) is 0 Å². The molecule has 0 atom stereocenters. The van der Waals surface area contributed by atoms with Crippen molar-refractivity contribution in [2.45, 2.75) is 0 Å². The average molecular weight is 806 g/mol. The van der Waals surface area contributed by atoms with Crippen LogP contribution < -0.4 is 9.80 Å². The van der Waals surface area contributed by atoms with Gasteiger partial charge in [-0.25, -0.2) is 0 Å². The van der Waals surface area contributed by atoms with Gasteiger partial charge in [-0.1, -0.05) is 158 Å². The first-order valence-electron chi connectivity index (χ1n) is 21.5. The fraction of sp³-hybridized carbons (Fsp3) is 0. The topological polar surface area (TPSA) is 11.4 Å². The molecule has 0 N–H and O–H groups in total. The number of rotatable bonds is 10. The molecule has 0 fully saturated rings. The highest BCUT2D eigenvalue weighted by atomic mass is 15.1.